The molecule has 300 valence electrons. The molecule has 2 aromatic heterocycles. The van der Waals surface area contributed by atoms with E-state index in [1.165, 1.54) is 88.7 Å². The summed E-state index contributed by atoms with van der Waals surface area (Å²) in [5, 5.41) is 4.91. The van der Waals surface area contributed by atoms with Gasteiger partial charge in [0.05, 0.1) is 22.1 Å². The lowest BCUT2D eigenvalue weighted by molar-refractivity contribution is 0.436. The zero-order chi connectivity index (χ0) is 41.9. The molecule has 0 fully saturated rings. The van der Waals surface area contributed by atoms with Gasteiger partial charge in [-0.05, 0) is 86.0 Å². The van der Waals surface area contributed by atoms with Crippen molar-refractivity contribution in [2.45, 2.75) is 17.3 Å². The number of aromatic nitrogens is 1. The van der Waals surface area contributed by atoms with Crippen molar-refractivity contribution in [3.05, 3.63) is 270 Å². The van der Waals surface area contributed by atoms with Crippen molar-refractivity contribution >= 4 is 43.7 Å². The van der Waals surface area contributed by atoms with Gasteiger partial charge < -0.3 is 8.98 Å². The first-order valence-electron chi connectivity index (χ1n) is 22.5. The van der Waals surface area contributed by atoms with Crippen LogP contribution in [0.1, 0.15) is 45.2 Å². The summed E-state index contributed by atoms with van der Waals surface area (Å²) >= 11 is 0. The van der Waals surface area contributed by atoms with E-state index >= 15 is 0 Å². The summed E-state index contributed by atoms with van der Waals surface area (Å²) in [6.45, 7) is 0. The normalized spacial score (nSPS) is 18.7. The van der Waals surface area contributed by atoms with Gasteiger partial charge >= 0.3 is 0 Å². The highest BCUT2D eigenvalue weighted by Gasteiger charge is 2.58. The summed E-state index contributed by atoms with van der Waals surface area (Å²) in [6, 6.07) is 79.0. The number of rotatable bonds is 5. The highest BCUT2D eigenvalue weighted by atomic mass is 16.3. The molecule has 3 aliphatic rings. The Labute approximate surface area is 371 Å². The summed E-state index contributed by atoms with van der Waals surface area (Å²) < 4.78 is 8.75. The van der Waals surface area contributed by atoms with E-state index in [4.69, 9.17) is 4.42 Å². The number of benzene rings is 9. The first-order valence-corrected chi connectivity index (χ1v) is 22.5. The maximum Gasteiger partial charge on any atom is 0.135 e. The molecule has 1 aliphatic heterocycles. The van der Waals surface area contributed by atoms with E-state index in [1.807, 2.05) is 12.1 Å². The van der Waals surface area contributed by atoms with Gasteiger partial charge in [0.1, 0.15) is 11.2 Å². The van der Waals surface area contributed by atoms with Crippen LogP contribution in [0.5, 0.6) is 0 Å². The fraction of sp³-hybridized carbons (Fsp3) is 0.0645. The van der Waals surface area contributed by atoms with Crippen molar-refractivity contribution < 1.29 is 4.42 Å². The van der Waals surface area contributed by atoms with Gasteiger partial charge in [0.25, 0.3) is 0 Å². The fourth-order valence-corrected chi connectivity index (χ4v) is 12.3. The molecule has 0 radical (unpaired) electrons. The van der Waals surface area contributed by atoms with Crippen molar-refractivity contribution in [3.8, 4) is 27.9 Å². The third-order valence-corrected chi connectivity index (χ3v) is 14.9. The predicted molar refractivity (Wildman–Crippen MR) is 263 cm³/mol. The van der Waals surface area contributed by atoms with Gasteiger partial charge in [-0.2, -0.15) is 0 Å². The third-order valence-electron chi connectivity index (χ3n) is 14.9. The number of allylic oxidation sites excluding steroid dienone is 4. The average Bonchev–Trinajstić information content (AvgIpc) is 4.01. The Morgan fingerprint density at radius 3 is 1.89 bits per heavy atom. The summed E-state index contributed by atoms with van der Waals surface area (Å²) in [6.07, 6.45) is 7.36. The SMILES string of the molecule is C1=CC2C(C(C(c3ccc(-c4ccccc4)cc3)c3ccc(-c4ccc5oc6ccccc6c5c4)cc3)=C1)c1ccccc1C21c2ccccc2-n2c3ccccc3c3cccc1c32. The highest BCUT2D eigenvalue weighted by molar-refractivity contribution is 6.12. The van der Waals surface area contributed by atoms with Gasteiger partial charge in [0.15, 0.2) is 0 Å². The van der Waals surface area contributed by atoms with Gasteiger partial charge in [0.2, 0.25) is 0 Å². The molecule has 1 spiro atoms. The molecule has 2 aliphatic carbocycles. The minimum Gasteiger partial charge on any atom is -0.456 e. The van der Waals surface area contributed by atoms with Crippen molar-refractivity contribution in [1.82, 2.24) is 4.57 Å². The molecule has 4 unspecified atom stereocenters. The van der Waals surface area contributed by atoms with Gasteiger partial charge in [-0.1, -0.05) is 206 Å². The minimum absolute atomic E-state index is 0.0147. The molecule has 0 bridgehead atoms. The Morgan fingerprint density at radius 2 is 1.06 bits per heavy atom. The van der Waals surface area contributed by atoms with Gasteiger partial charge in [-0.25, -0.2) is 0 Å². The number of fused-ring (bicyclic) bond motifs is 15. The third kappa shape index (κ3) is 4.85. The Hall–Kier alpha value is -7.94. The largest absolute Gasteiger partial charge is 0.456 e. The molecule has 0 N–H and O–H groups in total. The number of furan rings is 1. The van der Waals surface area contributed by atoms with Crippen molar-refractivity contribution in [2.75, 3.05) is 0 Å². The van der Waals surface area contributed by atoms with Crippen LogP contribution in [0.3, 0.4) is 0 Å². The lowest BCUT2D eigenvalue weighted by Crippen LogP contribution is -2.39. The standard InChI is InChI=1S/C62H41NO/c1-2-14-39(15-3-1)40-28-32-42(33-29-40)59(43-34-30-41(31-35-43)44-36-37-58-50(38-44)46-17-6-11-27-57(46)64-58)49-20-13-23-53-60(49)48-18-4-7-21-51(48)62(53)52-22-8-10-26-56(52)63-55-25-9-5-16-45(55)47-19-12-24-54(62)61(47)63/h1-38,53,59-60H. The maximum atomic E-state index is 6.20. The number of hydrogen-bond donors (Lipinski definition) is 0. The van der Waals surface area contributed by atoms with Crippen molar-refractivity contribution in [3.63, 3.8) is 0 Å². The number of hydrogen-bond acceptors (Lipinski definition) is 1. The van der Waals surface area contributed by atoms with Crippen LogP contribution in [0.15, 0.2) is 241 Å². The molecule has 3 heterocycles. The van der Waals surface area contributed by atoms with Crippen LogP contribution in [0.25, 0.3) is 71.7 Å². The number of nitrogens with zero attached hydrogens (tertiary/aromatic N) is 1. The Morgan fingerprint density at radius 1 is 0.453 bits per heavy atom. The second-order valence-electron chi connectivity index (χ2n) is 17.9. The van der Waals surface area contributed by atoms with E-state index in [9.17, 15) is 0 Å². The molecule has 0 saturated carbocycles. The van der Waals surface area contributed by atoms with Gasteiger partial charge in [-0.15, -0.1) is 0 Å². The van der Waals surface area contributed by atoms with E-state index in [2.05, 4.69) is 223 Å². The minimum atomic E-state index is -0.404. The molecular weight excluding hydrogens is 775 g/mol. The molecule has 14 rings (SSSR count). The molecule has 0 amide bonds. The Balaban J connectivity index is 0.958. The van der Waals surface area contributed by atoms with Gasteiger partial charge in [0, 0.05) is 39.3 Å². The zero-order valence-corrected chi connectivity index (χ0v) is 35.0. The van der Waals surface area contributed by atoms with E-state index in [0.29, 0.717) is 0 Å². The second-order valence-corrected chi connectivity index (χ2v) is 17.9. The quantitative estimate of drug-likeness (QED) is 0.169. The second kappa shape index (κ2) is 13.5. The molecule has 64 heavy (non-hydrogen) atoms. The van der Waals surface area contributed by atoms with Crippen LogP contribution in [0.4, 0.5) is 0 Å². The molecule has 0 saturated heterocycles. The first-order chi connectivity index (χ1) is 31.8. The lowest BCUT2D eigenvalue weighted by atomic mass is 9.59. The Kier molecular flexibility index (Phi) is 7.53. The first kappa shape index (κ1) is 35.6. The summed E-state index contributed by atoms with van der Waals surface area (Å²) in [7, 11) is 0. The topological polar surface area (TPSA) is 18.1 Å². The molecule has 2 nitrogen and oxygen atoms in total. The molecular formula is C62H41NO. The van der Waals surface area contributed by atoms with Gasteiger partial charge in [-0.3, -0.25) is 0 Å². The molecule has 9 aromatic carbocycles. The van der Waals surface area contributed by atoms with Crippen LogP contribution in [-0.2, 0) is 5.41 Å². The highest BCUT2D eigenvalue weighted by Crippen LogP contribution is 2.66. The monoisotopic (exact) mass is 815 g/mol. The van der Waals surface area contributed by atoms with Crippen molar-refractivity contribution in [1.29, 1.82) is 0 Å². The molecule has 11 aromatic rings. The summed E-state index contributed by atoms with van der Waals surface area (Å²) in [4.78, 5) is 0. The fourth-order valence-electron chi connectivity index (χ4n) is 12.3. The van der Waals surface area contributed by atoms with E-state index in [1.54, 1.807) is 0 Å². The Bertz CT molecular complexity index is 3730. The number of para-hydroxylation sites is 4. The van der Waals surface area contributed by atoms with Crippen LogP contribution < -0.4 is 0 Å². The molecule has 4 atom stereocenters. The average molecular weight is 816 g/mol. The lowest BCUT2D eigenvalue weighted by Gasteiger charge is -2.44. The van der Waals surface area contributed by atoms with Crippen LogP contribution in [0, 0.1) is 5.92 Å². The smallest absolute Gasteiger partial charge is 0.135 e. The van der Waals surface area contributed by atoms with Crippen LogP contribution in [-0.4, -0.2) is 4.57 Å². The zero-order valence-electron chi connectivity index (χ0n) is 35.0. The predicted octanol–water partition coefficient (Wildman–Crippen LogP) is 15.7. The maximum absolute atomic E-state index is 6.20. The van der Waals surface area contributed by atoms with E-state index in [0.717, 1.165) is 21.9 Å². The molecule has 2 heteroatoms. The van der Waals surface area contributed by atoms with Crippen LogP contribution in [0.2, 0.25) is 0 Å². The summed E-state index contributed by atoms with van der Waals surface area (Å²) in [5.74, 6) is 0.293. The van der Waals surface area contributed by atoms with Crippen LogP contribution >= 0.6 is 0 Å². The summed E-state index contributed by atoms with van der Waals surface area (Å²) in [5.41, 5.74) is 19.7. The van der Waals surface area contributed by atoms with E-state index in [-0.39, 0.29) is 17.8 Å². The van der Waals surface area contributed by atoms with Crippen molar-refractivity contribution in [2.24, 2.45) is 5.92 Å². The van der Waals surface area contributed by atoms with E-state index < -0.39 is 5.41 Å².